The number of halogens is 1. The Morgan fingerprint density at radius 1 is 1.20 bits per heavy atom. The summed E-state index contributed by atoms with van der Waals surface area (Å²) < 4.78 is 14.9. The van der Waals surface area contributed by atoms with Gasteiger partial charge in [-0.2, -0.15) is 5.10 Å². The van der Waals surface area contributed by atoms with Gasteiger partial charge in [0.25, 0.3) is 0 Å². The molecular formula is C18H18FN5O. The SMILES string of the molecule is CN(Cc1cccc(F)c1)C(=O)Nc1ccnn1Cc1ccccn1. The van der Waals surface area contributed by atoms with Crippen LogP contribution in [-0.4, -0.2) is 32.7 Å². The molecule has 128 valence electrons. The van der Waals surface area contributed by atoms with Crippen LogP contribution in [0, 0.1) is 5.82 Å². The molecule has 0 aliphatic carbocycles. The Morgan fingerprint density at radius 3 is 2.84 bits per heavy atom. The Labute approximate surface area is 144 Å². The summed E-state index contributed by atoms with van der Waals surface area (Å²) in [6, 6.07) is 13.2. The average molecular weight is 339 g/mol. The molecule has 0 radical (unpaired) electrons. The molecule has 2 amide bonds. The van der Waals surface area contributed by atoms with E-state index in [-0.39, 0.29) is 11.8 Å². The van der Waals surface area contributed by atoms with Crippen LogP contribution in [0.25, 0.3) is 0 Å². The largest absolute Gasteiger partial charge is 0.323 e. The number of hydrogen-bond acceptors (Lipinski definition) is 3. The van der Waals surface area contributed by atoms with Gasteiger partial charge in [-0.15, -0.1) is 0 Å². The first kappa shape index (κ1) is 16.6. The molecule has 0 atom stereocenters. The predicted octanol–water partition coefficient (Wildman–Crippen LogP) is 3.13. The van der Waals surface area contributed by atoms with E-state index < -0.39 is 0 Å². The Balaban J connectivity index is 1.64. The Bertz CT molecular complexity index is 849. The van der Waals surface area contributed by atoms with Crippen molar-refractivity contribution in [1.82, 2.24) is 19.7 Å². The summed E-state index contributed by atoms with van der Waals surface area (Å²) in [4.78, 5) is 18.1. The molecule has 25 heavy (non-hydrogen) atoms. The highest BCUT2D eigenvalue weighted by Crippen LogP contribution is 2.11. The van der Waals surface area contributed by atoms with E-state index in [0.717, 1.165) is 11.3 Å². The predicted molar refractivity (Wildman–Crippen MR) is 92.5 cm³/mol. The van der Waals surface area contributed by atoms with Crippen LogP contribution in [0.5, 0.6) is 0 Å². The molecule has 6 nitrogen and oxygen atoms in total. The van der Waals surface area contributed by atoms with Crippen molar-refractivity contribution in [1.29, 1.82) is 0 Å². The lowest BCUT2D eigenvalue weighted by molar-refractivity contribution is 0.220. The van der Waals surface area contributed by atoms with Crippen molar-refractivity contribution in [2.45, 2.75) is 13.1 Å². The van der Waals surface area contributed by atoms with Gasteiger partial charge < -0.3 is 4.90 Å². The summed E-state index contributed by atoms with van der Waals surface area (Å²) in [5.41, 5.74) is 1.56. The van der Waals surface area contributed by atoms with E-state index in [1.54, 1.807) is 42.3 Å². The normalized spacial score (nSPS) is 10.5. The van der Waals surface area contributed by atoms with Crippen LogP contribution in [0.4, 0.5) is 15.0 Å². The van der Waals surface area contributed by atoms with E-state index >= 15 is 0 Å². The topological polar surface area (TPSA) is 63.1 Å². The molecule has 0 unspecified atom stereocenters. The van der Waals surface area contributed by atoms with Crippen molar-refractivity contribution < 1.29 is 9.18 Å². The zero-order valence-corrected chi connectivity index (χ0v) is 13.8. The van der Waals surface area contributed by atoms with Crippen LogP contribution in [0.1, 0.15) is 11.3 Å². The van der Waals surface area contributed by atoms with Crippen molar-refractivity contribution >= 4 is 11.8 Å². The summed E-state index contributed by atoms with van der Waals surface area (Å²) in [6.07, 6.45) is 3.33. The fourth-order valence-corrected chi connectivity index (χ4v) is 2.40. The first-order valence-corrected chi connectivity index (χ1v) is 7.80. The lowest BCUT2D eigenvalue weighted by atomic mass is 10.2. The number of amides is 2. The fourth-order valence-electron chi connectivity index (χ4n) is 2.40. The van der Waals surface area contributed by atoms with Gasteiger partial charge >= 0.3 is 6.03 Å². The van der Waals surface area contributed by atoms with Crippen molar-refractivity contribution in [2.24, 2.45) is 0 Å². The minimum Gasteiger partial charge on any atom is -0.323 e. The molecule has 0 bridgehead atoms. The smallest absolute Gasteiger partial charge is 0.323 e. The number of anilines is 1. The Kier molecular flexibility index (Phi) is 5.03. The molecular weight excluding hydrogens is 321 g/mol. The number of benzene rings is 1. The van der Waals surface area contributed by atoms with Crippen LogP contribution in [0.3, 0.4) is 0 Å². The van der Waals surface area contributed by atoms with Gasteiger partial charge in [0.1, 0.15) is 11.6 Å². The van der Waals surface area contributed by atoms with E-state index in [1.807, 2.05) is 18.2 Å². The summed E-state index contributed by atoms with van der Waals surface area (Å²) in [5.74, 6) is 0.251. The summed E-state index contributed by atoms with van der Waals surface area (Å²) >= 11 is 0. The molecule has 3 rings (SSSR count). The van der Waals surface area contributed by atoms with Gasteiger partial charge in [0.2, 0.25) is 0 Å². The maximum atomic E-state index is 13.2. The molecule has 0 saturated heterocycles. The molecule has 0 aliphatic rings. The number of hydrogen-bond donors (Lipinski definition) is 1. The van der Waals surface area contributed by atoms with Crippen molar-refractivity contribution in [3.63, 3.8) is 0 Å². The average Bonchev–Trinajstić information content (AvgIpc) is 3.02. The lowest BCUT2D eigenvalue weighted by Gasteiger charge is -2.18. The maximum absolute atomic E-state index is 13.2. The second-order valence-electron chi connectivity index (χ2n) is 5.61. The van der Waals surface area contributed by atoms with Crippen molar-refractivity contribution in [2.75, 3.05) is 12.4 Å². The third-order valence-electron chi connectivity index (χ3n) is 3.64. The lowest BCUT2D eigenvalue weighted by Crippen LogP contribution is -2.31. The second-order valence-corrected chi connectivity index (χ2v) is 5.61. The number of carbonyl (C=O) groups is 1. The van der Waals surface area contributed by atoms with E-state index in [2.05, 4.69) is 15.4 Å². The van der Waals surface area contributed by atoms with E-state index in [1.165, 1.54) is 17.0 Å². The zero-order chi connectivity index (χ0) is 17.6. The Hall–Kier alpha value is -3.22. The number of nitrogens with zero attached hydrogens (tertiary/aromatic N) is 4. The second kappa shape index (κ2) is 7.57. The number of carbonyl (C=O) groups excluding carboxylic acids is 1. The fraction of sp³-hybridized carbons (Fsp3) is 0.167. The van der Waals surface area contributed by atoms with Crippen molar-refractivity contribution in [3.05, 3.63) is 78.0 Å². The Morgan fingerprint density at radius 2 is 2.08 bits per heavy atom. The molecule has 2 aromatic heterocycles. The van der Waals surface area contributed by atoms with Crippen LogP contribution in [0.2, 0.25) is 0 Å². The van der Waals surface area contributed by atoms with Crippen LogP contribution < -0.4 is 5.32 Å². The molecule has 1 N–H and O–H groups in total. The molecule has 0 aliphatic heterocycles. The highest BCUT2D eigenvalue weighted by atomic mass is 19.1. The monoisotopic (exact) mass is 339 g/mol. The van der Waals surface area contributed by atoms with E-state index in [0.29, 0.717) is 18.9 Å². The van der Waals surface area contributed by atoms with Crippen molar-refractivity contribution in [3.8, 4) is 0 Å². The summed E-state index contributed by atoms with van der Waals surface area (Å²) in [6.45, 7) is 0.759. The first-order valence-electron chi connectivity index (χ1n) is 7.80. The van der Waals surface area contributed by atoms with Crippen LogP contribution in [0.15, 0.2) is 60.9 Å². The minimum absolute atomic E-state index is 0.299. The third kappa shape index (κ3) is 4.41. The zero-order valence-electron chi connectivity index (χ0n) is 13.8. The summed E-state index contributed by atoms with van der Waals surface area (Å²) in [5, 5.41) is 7.02. The van der Waals surface area contributed by atoms with E-state index in [9.17, 15) is 9.18 Å². The molecule has 0 spiro atoms. The van der Waals surface area contributed by atoms with Crippen LogP contribution in [-0.2, 0) is 13.1 Å². The number of nitrogens with one attached hydrogen (secondary N) is 1. The quantitative estimate of drug-likeness (QED) is 0.777. The number of rotatable bonds is 5. The number of aromatic nitrogens is 3. The number of urea groups is 1. The maximum Gasteiger partial charge on any atom is 0.323 e. The molecule has 7 heteroatoms. The van der Waals surface area contributed by atoms with Crippen LogP contribution >= 0.6 is 0 Å². The molecule has 1 aromatic carbocycles. The van der Waals surface area contributed by atoms with Gasteiger partial charge in [-0.3, -0.25) is 10.3 Å². The highest BCUT2D eigenvalue weighted by Gasteiger charge is 2.13. The van der Waals surface area contributed by atoms with Gasteiger partial charge in [0.15, 0.2) is 0 Å². The first-order chi connectivity index (χ1) is 12.1. The summed E-state index contributed by atoms with van der Waals surface area (Å²) in [7, 11) is 1.65. The molecule has 0 fully saturated rings. The van der Waals surface area contributed by atoms with Gasteiger partial charge in [-0.1, -0.05) is 18.2 Å². The highest BCUT2D eigenvalue weighted by molar-refractivity contribution is 5.88. The van der Waals surface area contributed by atoms with E-state index in [4.69, 9.17) is 0 Å². The molecule has 2 heterocycles. The molecule has 0 saturated carbocycles. The third-order valence-corrected chi connectivity index (χ3v) is 3.64. The van der Waals surface area contributed by atoms with Gasteiger partial charge in [0, 0.05) is 25.9 Å². The standard InChI is InChI=1S/C18H18FN5O/c1-23(12-14-5-4-6-15(19)11-14)18(25)22-17-8-10-21-24(17)13-16-7-2-3-9-20-16/h2-11H,12-13H2,1H3,(H,22,25). The minimum atomic E-state index is -0.320. The van der Waals surface area contributed by atoms with Gasteiger partial charge in [-0.25, -0.2) is 13.9 Å². The number of pyridine rings is 1. The van der Waals surface area contributed by atoms with Gasteiger partial charge in [-0.05, 0) is 29.8 Å². The molecule has 3 aromatic rings. The van der Waals surface area contributed by atoms with Gasteiger partial charge in [0.05, 0.1) is 18.4 Å².